The van der Waals surface area contributed by atoms with Crippen LogP contribution in [0.4, 0.5) is 5.69 Å². The van der Waals surface area contributed by atoms with Gasteiger partial charge < -0.3 is 5.73 Å². The van der Waals surface area contributed by atoms with Gasteiger partial charge in [-0.15, -0.1) is 11.3 Å². The van der Waals surface area contributed by atoms with E-state index in [2.05, 4.69) is 31.4 Å². The zero-order chi connectivity index (χ0) is 10.8. The number of thiophene rings is 1. The highest BCUT2D eigenvalue weighted by Crippen LogP contribution is 2.31. The number of benzene rings is 1. The number of thioether (sulfide) groups is 1. The van der Waals surface area contributed by atoms with Crippen LogP contribution >= 0.6 is 23.1 Å². The van der Waals surface area contributed by atoms with Gasteiger partial charge >= 0.3 is 0 Å². The van der Waals surface area contributed by atoms with E-state index in [0.717, 1.165) is 11.4 Å². The van der Waals surface area contributed by atoms with Crippen molar-refractivity contribution in [1.29, 1.82) is 0 Å². The summed E-state index contributed by atoms with van der Waals surface area (Å²) in [5.41, 5.74) is 8.05. The highest BCUT2D eigenvalue weighted by atomic mass is 32.2. The molecule has 1 aromatic heterocycles. The summed E-state index contributed by atoms with van der Waals surface area (Å²) in [6.45, 7) is 4.47. The van der Waals surface area contributed by atoms with Gasteiger partial charge in [0.2, 0.25) is 0 Å². The van der Waals surface area contributed by atoms with E-state index in [1.807, 2.05) is 17.8 Å². The van der Waals surface area contributed by atoms with E-state index in [-0.39, 0.29) is 0 Å². The summed E-state index contributed by atoms with van der Waals surface area (Å²) in [4.78, 5) is 0. The summed E-state index contributed by atoms with van der Waals surface area (Å²) in [6.07, 6.45) is 0. The van der Waals surface area contributed by atoms with Gasteiger partial charge in [0.25, 0.3) is 0 Å². The molecule has 0 spiro atoms. The van der Waals surface area contributed by atoms with Crippen LogP contribution in [0.25, 0.3) is 10.1 Å². The van der Waals surface area contributed by atoms with Crippen LogP contribution in [0.5, 0.6) is 0 Å². The molecule has 2 aromatic rings. The molecule has 0 unspecified atom stereocenters. The quantitative estimate of drug-likeness (QED) is 0.812. The lowest BCUT2D eigenvalue weighted by molar-refractivity contribution is 1.11. The molecule has 0 amide bonds. The van der Waals surface area contributed by atoms with Gasteiger partial charge in [0.05, 0.1) is 0 Å². The standard InChI is InChI=1S/C12H15NS2/c1-8(2)14-6-9-7-15-12-5-10(13)3-4-11(9)12/h3-5,7-8H,6,13H2,1-2H3. The molecule has 80 valence electrons. The van der Waals surface area contributed by atoms with Crippen molar-refractivity contribution in [1.82, 2.24) is 0 Å². The van der Waals surface area contributed by atoms with E-state index < -0.39 is 0 Å². The minimum Gasteiger partial charge on any atom is -0.399 e. The van der Waals surface area contributed by atoms with Crippen molar-refractivity contribution in [2.24, 2.45) is 0 Å². The van der Waals surface area contributed by atoms with Crippen molar-refractivity contribution in [3.8, 4) is 0 Å². The van der Waals surface area contributed by atoms with Crippen LogP contribution in [-0.2, 0) is 5.75 Å². The Labute approximate surface area is 98.7 Å². The molecule has 0 fully saturated rings. The third-order valence-corrected chi connectivity index (χ3v) is 4.39. The van der Waals surface area contributed by atoms with E-state index in [4.69, 9.17) is 5.73 Å². The summed E-state index contributed by atoms with van der Waals surface area (Å²) in [5.74, 6) is 1.10. The first kappa shape index (κ1) is 10.8. The van der Waals surface area contributed by atoms with Gasteiger partial charge in [0, 0.05) is 16.1 Å². The van der Waals surface area contributed by atoms with E-state index in [0.29, 0.717) is 5.25 Å². The van der Waals surface area contributed by atoms with Gasteiger partial charge in [-0.1, -0.05) is 19.9 Å². The first-order valence-electron chi connectivity index (χ1n) is 5.04. The highest BCUT2D eigenvalue weighted by molar-refractivity contribution is 7.99. The van der Waals surface area contributed by atoms with Crippen LogP contribution < -0.4 is 5.73 Å². The molecule has 0 atom stereocenters. The Balaban J connectivity index is 2.29. The molecule has 15 heavy (non-hydrogen) atoms. The normalized spacial score (nSPS) is 11.4. The minimum atomic E-state index is 0.689. The zero-order valence-corrected chi connectivity index (χ0v) is 10.6. The van der Waals surface area contributed by atoms with Gasteiger partial charge in [-0.25, -0.2) is 0 Å². The molecular weight excluding hydrogens is 222 g/mol. The second kappa shape index (κ2) is 4.45. The summed E-state index contributed by atoms with van der Waals surface area (Å²) in [6, 6.07) is 6.18. The third-order valence-electron chi connectivity index (χ3n) is 2.25. The lowest BCUT2D eigenvalue weighted by Crippen LogP contribution is -1.88. The molecule has 0 aliphatic carbocycles. The van der Waals surface area contributed by atoms with Gasteiger partial charge in [0.15, 0.2) is 0 Å². The molecular formula is C12H15NS2. The number of rotatable bonds is 3. The van der Waals surface area contributed by atoms with Gasteiger partial charge in [-0.05, 0) is 33.7 Å². The Hall–Kier alpha value is -0.670. The minimum absolute atomic E-state index is 0.689. The molecule has 0 bridgehead atoms. The van der Waals surface area contributed by atoms with Crippen LogP contribution in [0.15, 0.2) is 23.6 Å². The van der Waals surface area contributed by atoms with Crippen LogP contribution in [0.2, 0.25) is 0 Å². The van der Waals surface area contributed by atoms with E-state index in [1.165, 1.54) is 15.6 Å². The number of nitrogen functional groups attached to an aromatic ring is 1. The second-order valence-corrected chi connectivity index (χ2v) is 6.35. The molecule has 1 aromatic carbocycles. The molecule has 0 saturated carbocycles. The number of anilines is 1. The fourth-order valence-corrected chi connectivity index (χ4v) is 3.34. The molecule has 0 aliphatic rings. The summed E-state index contributed by atoms with van der Waals surface area (Å²) < 4.78 is 1.30. The average Bonchev–Trinajstić information content (AvgIpc) is 2.57. The summed E-state index contributed by atoms with van der Waals surface area (Å²) in [7, 11) is 0. The zero-order valence-electron chi connectivity index (χ0n) is 8.99. The number of hydrogen-bond acceptors (Lipinski definition) is 3. The Morgan fingerprint density at radius 2 is 2.20 bits per heavy atom. The highest BCUT2D eigenvalue weighted by Gasteiger charge is 2.05. The SMILES string of the molecule is CC(C)SCc1csc2cc(N)ccc12. The Kier molecular flexibility index (Phi) is 3.22. The van der Waals surface area contributed by atoms with E-state index in [9.17, 15) is 0 Å². The molecule has 0 radical (unpaired) electrons. The van der Waals surface area contributed by atoms with Crippen molar-refractivity contribution < 1.29 is 0 Å². The van der Waals surface area contributed by atoms with Crippen molar-refractivity contribution >= 4 is 38.9 Å². The Bertz CT molecular complexity index is 460. The van der Waals surface area contributed by atoms with Crippen molar-refractivity contribution in [2.45, 2.75) is 24.9 Å². The monoisotopic (exact) mass is 237 g/mol. The molecule has 2 rings (SSSR count). The van der Waals surface area contributed by atoms with Gasteiger partial charge in [0.1, 0.15) is 0 Å². The van der Waals surface area contributed by atoms with Crippen molar-refractivity contribution in [2.75, 3.05) is 5.73 Å². The van der Waals surface area contributed by atoms with E-state index >= 15 is 0 Å². The topological polar surface area (TPSA) is 26.0 Å². The predicted molar refractivity (Wildman–Crippen MR) is 72.7 cm³/mol. The second-order valence-electron chi connectivity index (χ2n) is 3.88. The first-order chi connectivity index (χ1) is 7.16. The predicted octanol–water partition coefficient (Wildman–Crippen LogP) is 4.13. The largest absolute Gasteiger partial charge is 0.399 e. The van der Waals surface area contributed by atoms with Gasteiger partial charge in [-0.3, -0.25) is 0 Å². The number of nitrogens with two attached hydrogens (primary N) is 1. The number of fused-ring (bicyclic) bond motifs is 1. The smallest absolute Gasteiger partial charge is 0.0366 e. The van der Waals surface area contributed by atoms with Gasteiger partial charge in [-0.2, -0.15) is 11.8 Å². The fourth-order valence-electron chi connectivity index (χ4n) is 1.47. The summed E-state index contributed by atoms with van der Waals surface area (Å²) in [5, 5.41) is 4.30. The molecule has 0 saturated heterocycles. The Morgan fingerprint density at radius 3 is 2.93 bits per heavy atom. The summed E-state index contributed by atoms with van der Waals surface area (Å²) >= 11 is 3.77. The van der Waals surface area contributed by atoms with Crippen molar-refractivity contribution in [3.05, 3.63) is 29.1 Å². The fraction of sp³-hybridized carbons (Fsp3) is 0.333. The van der Waals surface area contributed by atoms with Crippen LogP contribution in [0.1, 0.15) is 19.4 Å². The van der Waals surface area contributed by atoms with E-state index in [1.54, 1.807) is 11.3 Å². The maximum absolute atomic E-state index is 5.76. The molecule has 1 nitrogen and oxygen atoms in total. The molecule has 1 heterocycles. The maximum atomic E-state index is 5.76. The molecule has 2 N–H and O–H groups in total. The lowest BCUT2D eigenvalue weighted by atomic mass is 10.2. The van der Waals surface area contributed by atoms with Crippen LogP contribution in [-0.4, -0.2) is 5.25 Å². The molecule has 3 heteroatoms. The number of hydrogen-bond donors (Lipinski definition) is 1. The Morgan fingerprint density at radius 1 is 1.40 bits per heavy atom. The average molecular weight is 237 g/mol. The van der Waals surface area contributed by atoms with Crippen molar-refractivity contribution in [3.63, 3.8) is 0 Å². The molecule has 0 aliphatic heterocycles. The maximum Gasteiger partial charge on any atom is 0.0366 e. The first-order valence-corrected chi connectivity index (χ1v) is 6.97. The third kappa shape index (κ3) is 2.47. The lowest BCUT2D eigenvalue weighted by Gasteiger charge is -2.03. The van der Waals surface area contributed by atoms with Crippen LogP contribution in [0.3, 0.4) is 0 Å². The van der Waals surface area contributed by atoms with Crippen LogP contribution in [0, 0.1) is 0 Å².